The number of amides is 1. The molecule has 0 fully saturated rings. The number of aromatic nitrogens is 2. The van der Waals surface area contributed by atoms with Crippen LogP contribution in [0.25, 0.3) is 0 Å². The van der Waals surface area contributed by atoms with Crippen LogP contribution >= 0.6 is 35.0 Å². The third-order valence-corrected chi connectivity index (χ3v) is 3.44. The Morgan fingerprint density at radius 2 is 2.05 bits per heavy atom. The summed E-state index contributed by atoms with van der Waals surface area (Å²) >= 11 is 12.4. The fraction of sp³-hybridized carbons (Fsp3) is 0.364. The lowest BCUT2D eigenvalue weighted by Gasteiger charge is -2.18. The van der Waals surface area contributed by atoms with Gasteiger partial charge in [-0.05, 0) is 11.8 Å². The van der Waals surface area contributed by atoms with Crippen molar-refractivity contribution < 1.29 is 4.79 Å². The van der Waals surface area contributed by atoms with Crippen molar-refractivity contribution in [2.24, 2.45) is 5.41 Å². The van der Waals surface area contributed by atoms with Crippen LogP contribution in [0.2, 0.25) is 0 Å². The van der Waals surface area contributed by atoms with E-state index in [1.165, 1.54) is 12.3 Å². The second-order valence-corrected chi connectivity index (χ2v) is 6.58. The van der Waals surface area contributed by atoms with Gasteiger partial charge >= 0.3 is 0 Å². The summed E-state index contributed by atoms with van der Waals surface area (Å²) in [6, 6.07) is 1.28. The highest BCUT2D eigenvalue weighted by Crippen LogP contribution is 2.28. The van der Waals surface area contributed by atoms with Crippen molar-refractivity contribution in [3.8, 4) is 0 Å². The van der Waals surface area contributed by atoms with Crippen LogP contribution in [-0.2, 0) is 4.79 Å². The first-order valence-corrected chi connectivity index (χ1v) is 6.87. The molecule has 0 radical (unpaired) electrons. The Hall–Kier alpha value is -0.980. The first-order chi connectivity index (χ1) is 8.70. The fourth-order valence-corrected chi connectivity index (χ4v) is 1.91. The fourth-order valence-electron chi connectivity index (χ4n) is 0.902. The van der Waals surface area contributed by atoms with Crippen LogP contribution in [0, 0.1) is 5.41 Å². The molecule has 5 nitrogen and oxygen atoms in total. The van der Waals surface area contributed by atoms with Gasteiger partial charge in [0.05, 0.1) is 0 Å². The third-order valence-electron chi connectivity index (χ3n) is 1.93. The Labute approximate surface area is 124 Å². The van der Waals surface area contributed by atoms with Gasteiger partial charge in [-0.25, -0.2) is 4.98 Å². The summed E-state index contributed by atoms with van der Waals surface area (Å²) in [5.41, 5.74) is -0.892. The van der Waals surface area contributed by atoms with E-state index in [0.717, 1.165) is 11.8 Å². The second-order valence-electron chi connectivity index (χ2n) is 4.63. The molecule has 1 rings (SSSR count). The first kappa shape index (κ1) is 16.1. The molecule has 0 spiro atoms. The predicted octanol–water partition coefficient (Wildman–Crippen LogP) is 2.63. The van der Waals surface area contributed by atoms with Crippen molar-refractivity contribution in [3.63, 3.8) is 0 Å². The number of carbonyl (C=O) groups is 1. The Bertz CT molecular complexity index is 560. The van der Waals surface area contributed by atoms with Crippen LogP contribution in [0.5, 0.6) is 0 Å². The molecule has 1 heterocycles. The summed E-state index contributed by atoms with van der Waals surface area (Å²) in [7, 11) is 0. The number of halogens is 2. The van der Waals surface area contributed by atoms with Crippen molar-refractivity contribution in [3.05, 3.63) is 32.1 Å². The number of rotatable bonds is 3. The maximum absolute atomic E-state index is 11.9. The lowest BCUT2D eigenvalue weighted by molar-refractivity contribution is -0.127. The third kappa shape index (κ3) is 5.26. The van der Waals surface area contributed by atoms with E-state index in [2.05, 4.69) is 15.3 Å². The molecule has 0 unspecified atom stereocenters. The Morgan fingerprint density at radius 3 is 2.53 bits per heavy atom. The molecule has 104 valence electrons. The minimum atomic E-state index is -0.591. The summed E-state index contributed by atoms with van der Waals surface area (Å²) in [4.78, 5) is 29.4. The van der Waals surface area contributed by atoms with Gasteiger partial charge in [-0.3, -0.25) is 9.59 Å². The monoisotopic (exact) mass is 321 g/mol. The van der Waals surface area contributed by atoms with Gasteiger partial charge in [0, 0.05) is 17.7 Å². The van der Waals surface area contributed by atoms with Gasteiger partial charge in [0.1, 0.15) is 9.52 Å². The van der Waals surface area contributed by atoms with Gasteiger partial charge in [0.15, 0.2) is 5.16 Å². The van der Waals surface area contributed by atoms with Crippen molar-refractivity contribution in [1.29, 1.82) is 0 Å². The molecule has 0 saturated heterocycles. The van der Waals surface area contributed by atoms with Gasteiger partial charge in [0.25, 0.3) is 5.56 Å². The van der Waals surface area contributed by atoms with Crippen LogP contribution in [0.3, 0.4) is 0 Å². The van der Waals surface area contributed by atoms with E-state index in [0.29, 0.717) is 0 Å². The van der Waals surface area contributed by atoms with Crippen molar-refractivity contribution in [1.82, 2.24) is 15.3 Å². The molecule has 0 aromatic carbocycles. The van der Waals surface area contributed by atoms with Crippen molar-refractivity contribution >= 4 is 40.9 Å². The highest BCUT2D eigenvalue weighted by atomic mass is 35.5. The van der Waals surface area contributed by atoms with E-state index in [9.17, 15) is 9.59 Å². The molecule has 1 aromatic heterocycles. The smallest absolute Gasteiger partial charge is 0.251 e. The standard InChI is InChI=1S/C11H13Cl2N3O2S/c1-11(2,3)9(18)16-8(7(12)13)19-10-14-5-4-6(17)15-10/h4-5H,1-3H3,(H,16,18)(H,14,15,17). The summed E-state index contributed by atoms with van der Waals surface area (Å²) in [6.07, 6.45) is 1.35. The summed E-state index contributed by atoms with van der Waals surface area (Å²) in [5, 5.41) is 3.11. The van der Waals surface area contributed by atoms with Gasteiger partial charge in [-0.1, -0.05) is 44.0 Å². The van der Waals surface area contributed by atoms with E-state index in [1.807, 2.05) is 0 Å². The zero-order valence-corrected chi connectivity index (χ0v) is 12.9. The minimum Gasteiger partial charge on any atom is -0.318 e. The normalized spacial score (nSPS) is 11.0. The summed E-state index contributed by atoms with van der Waals surface area (Å²) < 4.78 is -0.103. The molecule has 1 amide bonds. The van der Waals surface area contributed by atoms with E-state index < -0.39 is 5.41 Å². The molecule has 0 aliphatic rings. The SMILES string of the molecule is CC(C)(C)C(=O)NC(Sc1nccc(=O)[nH]1)=C(Cl)Cl. The van der Waals surface area contributed by atoms with Gasteiger partial charge < -0.3 is 10.3 Å². The number of aromatic amines is 1. The molecular weight excluding hydrogens is 309 g/mol. The molecule has 8 heteroatoms. The number of hydrogen-bond acceptors (Lipinski definition) is 4. The number of thioether (sulfide) groups is 1. The number of carbonyl (C=O) groups excluding carboxylic acids is 1. The van der Waals surface area contributed by atoms with Crippen LogP contribution in [0.15, 0.2) is 31.7 Å². The van der Waals surface area contributed by atoms with Crippen LogP contribution in [-0.4, -0.2) is 15.9 Å². The Morgan fingerprint density at radius 1 is 1.42 bits per heavy atom. The molecule has 2 N–H and O–H groups in total. The van der Waals surface area contributed by atoms with E-state index in [-0.39, 0.29) is 26.1 Å². The molecule has 0 bridgehead atoms. The molecule has 0 aliphatic carbocycles. The maximum atomic E-state index is 11.9. The lowest BCUT2D eigenvalue weighted by atomic mass is 9.96. The van der Waals surface area contributed by atoms with Crippen LogP contribution in [0.4, 0.5) is 0 Å². The van der Waals surface area contributed by atoms with E-state index >= 15 is 0 Å². The first-order valence-electron chi connectivity index (χ1n) is 5.30. The molecule has 19 heavy (non-hydrogen) atoms. The highest BCUT2D eigenvalue weighted by molar-refractivity contribution is 8.03. The van der Waals surface area contributed by atoms with Crippen LogP contribution in [0.1, 0.15) is 20.8 Å². The molecule has 1 aromatic rings. The summed E-state index contributed by atoms with van der Waals surface area (Å²) in [5.74, 6) is -0.243. The maximum Gasteiger partial charge on any atom is 0.251 e. The van der Waals surface area contributed by atoms with Gasteiger partial charge in [-0.2, -0.15) is 0 Å². The van der Waals surface area contributed by atoms with Crippen molar-refractivity contribution in [2.75, 3.05) is 0 Å². The van der Waals surface area contributed by atoms with Gasteiger partial charge in [0.2, 0.25) is 5.91 Å². The quantitative estimate of drug-likeness (QED) is 0.663. The van der Waals surface area contributed by atoms with E-state index in [1.54, 1.807) is 20.8 Å². The largest absolute Gasteiger partial charge is 0.318 e. The highest BCUT2D eigenvalue weighted by Gasteiger charge is 2.23. The molecule has 0 atom stereocenters. The van der Waals surface area contributed by atoms with E-state index in [4.69, 9.17) is 23.2 Å². The average molecular weight is 322 g/mol. The Kier molecular flexibility index (Phi) is 5.46. The predicted molar refractivity (Wildman–Crippen MR) is 77.0 cm³/mol. The zero-order valence-electron chi connectivity index (χ0n) is 10.6. The molecular formula is C11H13Cl2N3O2S. The minimum absolute atomic E-state index is 0.103. The number of nitrogens with one attached hydrogen (secondary N) is 2. The average Bonchev–Trinajstić information content (AvgIpc) is 2.26. The van der Waals surface area contributed by atoms with Crippen molar-refractivity contribution in [2.45, 2.75) is 25.9 Å². The number of nitrogens with zero attached hydrogens (tertiary/aromatic N) is 1. The zero-order chi connectivity index (χ0) is 14.6. The number of hydrogen-bond donors (Lipinski definition) is 2. The molecule has 0 saturated carbocycles. The van der Waals surface area contributed by atoms with Crippen LogP contribution < -0.4 is 10.9 Å². The second kappa shape index (κ2) is 6.45. The Balaban J connectivity index is 2.90. The topological polar surface area (TPSA) is 74.8 Å². The lowest BCUT2D eigenvalue weighted by Crippen LogP contribution is -2.33. The summed E-state index contributed by atoms with van der Waals surface area (Å²) in [6.45, 7) is 5.28. The molecule has 0 aliphatic heterocycles. The number of H-pyrrole nitrogens is 1. The van der Waals surface area contributed by atoms with Gasteiger partial charge in [-0.15, -0.1) is 0 Å².